The number of carbonyl (C=O) groups excluding carboxylic acids is 2. The molecule has 6 nitrogen and oxygen atoms in total. The molecule has 0 aromatic heterocycles. The molecule has 1 heterocycles. The third-order valence-corrected chi connectivity index (χ3v) is 4.34. The number of ether oxygens (including phenoxy) is 1. The Balaban J connectivity index is 0.00000312. The molecular weight excluding hydrogens is 342 g/mol. The quantitative estimate of drug-likeness (QED) is 0.806. The summed E-state index contributed by atoms with van der Waals surface area (Å²) in [7, 11) is 1.57. The number of anilines is 2. The Hall–Kier alpha value is -1.79. The lowest BCUT2D eigenvalue weighted by molar-refractivity contribution is -0.121. The molecule has 0 aliphatic carbocycles. The number of carbonyl (C=O) groups is 2. The smallest absolute Gasteiger partial charge is 0.244 e. The van der Waals surface area contributed by atoms with Gasteiger partial charge in [-0.2, -0.15) is 0 Å². The predicted octanol–water partition coefficient (Wildman–Crippen LogP) is 3.09. The van der Waals surface area contributed by atoms with Gasteiger partial charge in [-0.1, -0.05) is 13.3 Å². The SMILES string of the molecule is CCCC(C)(N)C(=O)Nc1ccc(OC)c(N2CCCCC2=O)c1.Cl. The second-order valence-electron chi connectivity index (χ2n) is 6.51. The van der Waals surface area contributed by atoms with E-state index < -0.39 is 5.54 Å². The Bertz CT molecular complexity index is 620. The fourth-order valence-corrected chi connectivity index (χ4v) is 2.95. The minimum absolute atomic E-state index is 0. The van der Waals surface area contributed by atoms with Crippen LogP contribution in [0.5, 0.6) is 5.75 Å². The van der Waals surface area contributed by atoms with Gasteiger partial charge in [-0.3, -0.25) is 9.59 Å². The molecule has 0 bridgehead atoms. The van der Waals surface area contributed by atoms with E-state index in [4.69, 9.17) is 10.5 Å². The summed E-state index contributed by atoms with van der Waals surface area (Å²) >= 11 is 0. The van der Waals surface area contributed by atoms with Gasteiger partial charge in [0.25, 0.3) is 0 Å². The van der Waals surface area contributed by atoms with Crippen LogP contribution in [0.15, 0.2) is 18.2 Å². The number of hydrogen-bond acceptors (Lipinski definition) is 4. The van der Waals surface area contributed by atoms with E-state index in [0.29, 0.717) is 36.5 Å². The molecule has 1 saturated heterocycles. The highest BCUT2D eigenvalue weighted by molar-refractivity contribution is 6.00. The van der Waals surface area contributed by atoms with Crippen molar-refractivity contribution >= 4 is 35.6 Å². The Labute approximate surface area is 155 Å². The van der Waals surface area contributed by atoms with E-state index in [9.17, 15) is 9.59 Å². The lowest BCUT2D eigenvalue weighted by Gasteiger charge is -2.29. The van der Waals surface area contributed by atoms with Gasteiger partial charge in [0.05, 0.1) is 18.3 Å². The number of methoxy groups -OCH3 is 1. The van der Waals surface area contributed by atoms with Crippen molar-refractivity contribution < 1.29 is 14.3 Å². The van der Waals surface area contributed by atoms with E-state index in [1.54, 1.807) is 37.1 Å². The minimum Gasteiger partial charge on any atom is -0.495 e. The molecule has 7 heteroatoms. The number of hydrogen-bond donors (Lipinski definition) is 2. The van der Waals surface area contributed by atoms with Crippen molar-refractivity contribution in [2.24, 2.45) is 5.73 Å². The summed E-state index contributed by atoms with van der Waals surface area (Å²) in [6, 6.07) is 5.30. The number of piperidine rings is 1. The van der Waals surface area contributed by atoms with E-state index in [-0.39, 0.29) is 24.2 Å². The third kappa shape index (κ3) is 5.09. The molecule has 2 rings (SSSR count). The first-order chi connectivity index (χ1) is 11.4. The fraction of sp³-hybridized carbons (Fsp3) is 0.556. The lowest BCUT2D eigenvalue weighted by atomic mass is 9.96. The molecule has 0 radical (unpaired) electrons. The number of nitrogens with zero attached hydrogens (tertiary/aromatic N) is 1. The van der Waals surface area contributed by atoms with Crippen molar-refractivity contribution in [3.8, 4) is 5.75 Å². The molecule has 1 atom stereocenters. The summed E-state index contributed by atoms with van der Waals surface area (Å²) in [5, 5.41) is 2.86. The Morgan fingerprint density at radius 1 is 1.40 bits per heavy atom. The van der Waals surface area contributed by atoms with Crippen molar-refractivity contribution in [2.75, 3.05) is 23.9 Å². The Morgan fingerprint density at radius 3 is 2.72 bits per heavy atom. The molecule has 1 aromatic carbocycles. The van der Waals surface area contributed by atoms with Gasteiger partial charge in [0.1, 0.15) is 5.75 Å². The van der Waals surface area contributed by atoms with Crippen molar-refractivity contribution in [3.63, 3.8) is 0 Å². The van der Waals surface area contributed by atoms with Crippen LogP contribution in [0.3, 0.4) is 0 Å². The molecule has 25 heavy (non-hydrogen) atoms. The first-order valence-electron chi connectivity index (χ1n) is 8.47. The Kier molecular flexibility index (Phi) is 7.70. The molecule has 0 saturated carbocycles. The zero-order valence-corrected chi connectivity index (χ0v) is 15.9. The van der Waals surface area contributed by atoms with Crippen LogP contribution >= 0.6 is 12.4 Å². The van der Waals surface area contributed by atoms with Crippen LogP contribution in [-0.2, 0) is 9.59 Å². The van der Waals surface area contributed by atoms with E-state index >= 15 is 0 Å². The maximum Gasteiger partial charge on any atom is 0.244 e. The summed E-state index contributed by atoms with van der Waals surface area (Å²) < 4.78 is 5.38. The molecule has 140 valence electrons. The zero-order chi connectivity index (χ0) is 17.7. The second-order valence-corrected chi connectivity index (χ2v) is 6.51. The second kappa shape index (κ2) is 9.06. The highest BCUT2D eigenvalue weighted by Crippen LogP contribution is 2.33. The molecular formula is C18H28ClN3O3. The molecule has 1 fully saturated rings. The summed E-state index contributed by atoms with van der Waals surface area (Å²) in [6.45, 7) is 4.38. The van der Waals surface area contributed by atoms with Crippen LogP contribution in [0, 0.1) is 0 Å². The lowest BCUT2D eigenvalue weighted by Crippen LogP contribution is -2.48. The largest absolute Gasteiger partial charge is 0.495 e. The summed E-state index contributed by atoms with van der Waals surface area (Å²) in [4.78, 5) is 26.3. The van der Waals surface area contributed by atoms with Gasteiger partial charge in [-0.15, -0.1) is 12.4 Å². The molecule has 2 amide bonds. The number of nitrogens with one attached hydrogen (secondary N) is 1. The van der Waals surface area contributed by atoms with Gasteiger partial charge in [-0.25, -0.2) is 0 Å². The van der Waals surface area contributed by atoms with Crippen LogP contribution in [-0.4, -0.2) is 31.0 Å². The van der Waals surface area contributed by atoms with Crippen molar-refractivity contribution in [1.29, 1.82) is 0 Å². The van der Waals surface area contributed by atoms with Gasteiger partial charge in [0, 0.05) is 18.7 Å². The van der Waals surface area contributed by atoms with Gasteiger partial charge in [0.15, 0.2) is 0 Å². The van der Waals surface area contributed by atoms with Gasteiger partial charge in [-0.05, 0) is 44.4 Å². The highest BCUT2D eigenvalue weighted by Gasteiger charge is 2.28. The third-order valence-electron chi connectivity index (χ3n) is 4.34. The zero-order valence-electron chi connectivity index (χ0n) is 15.1. The summed E-state index contributed by atoms with van der Waals surface area (Å²) in [6.07, 6.45) is 3.85. The Morgan fingerprint density at radius 2 is 2.12 bits per heavy atom. The molecule has 1 unspecified atom stereocenters. The minimum atomic E-state index is -0.921. The normalized spacial score (nSPS) is 16.6. The maximum atomic E-state index is 12.4. The van der Waals surface area contributed by atoms with Gasteiger partial charge >= 0.3 is 0 Å². The first-order valence-corrected chi connectivity index (χ1v) is 8.47. The summed E-state index contributed by atoms with van der Waals surface area (Å²) in [5.41, 5.74) is 6.46. The van der Waals surface area contributed by atoms with Crippen molar-refractivity contribution in [2.45, 2.75) is 51.5 Å². The average molecular weight is 370 g/mol. The summed E-state index contributed by atoms with van der Waals surface area (Å²) in [5.74, 6) is 0.468. The molecule has 0 spiro atoms. The van der Waals surface area contributed by atoms with E-state index in [0.717, 1.165) is 19.3 Å². The monoisotopic (exact) mass is 369 g/mol. The topological polar surface area (TPSA) is 84.7 Å². The predicted molar refractivity (Wildman–Crippen MR) is 103 cm³/mol. The molecule has 1 aliphatic rings. The van der Waals surface area contributed by atoms with Crippen LogP contribution in [0.4, 0.5) is 11.4 Å². The van der Waals surface area contributed by atoms with Crippen molar-refractivity contribution in [1.82, 2.24) is 0 Å². The highest BCUT2D eigenvalue weighted by atomic mass is 35.5. The standard InChI is InChI=1S/C18H27N3O3.ClH/c1-4-10-18(2,19)17(23)20-13-8-9-15(24-3)14(12-13)21-11-6-5-7-16(21)22;/h8-9,12H,4-7,10-11,19H2,1-3H3,(H,20,23);1H. The number of halogens is 1. The van der Waals surface area contributed by atoms with Gasteiger partial charge < -0.3 is 20.7 Å². The molecule has 1 aromatic rings. The van der Waals surface area contributed by atoms with Gasteiger partial charge in [0.2, 0.25) is 11.8 Å². The van der Waals surface area contributed by atoms with E-state index in [1.165, 1.54) is 0 Å². The number of benzene rings is 1. The van der Waals surface area contributed by atoms with Crippen LogP contribution in [0.25, 0.3) is 0 Å². The fourth-order valence-electron chi connectivity index (χ4n) is 2.95. The van der Waals surface area contributed by atoms with Crippen LogP contribution < -0.4 is 20.7 Å². The van der Waals surface area contributed by atoms with E-state index in [2.05, 4.69) is 5.32 Å². The van der Waals surface area contributed by atoms with Crippen LogP contribution in [0.2, 0.25) is 0 Å². The number of rotatable bonds is 6. The first kappa shape index (κ1) is 21.3. The number of nitrogens with two attached hydrogens (primary N) is 1. The number of amides is 2. The molecule has 3 N–H and O–H groups in total. The van der Waals surface area contributed by atoms with Crippen LogP contribution in [0.1, 0.15) is 46.0 Å². The average Bonchev–Trinajstić information content (AvgIpc) is 2.55. The van der Waals surface area contributed by atoms with E-state index in [1.807, 2.05) is 6.92 Å². The maximum absolute atomic E-state index is 12.4. The van der Waals surface area contributed by atoms with Crippen molar-refractivity contribution in [3.05, 3.63) is 18.2 Å². The molecule has 1 aliphatic heterocycles.